The molecule has 0 aliphatic carbocycles. The molecule has 12 heavy (non-hydrogen) atoms. The Labute approximate surface area is 66.4 Å². The van der Waals surface area contributed by atoms with Crippen LogP contribution >= 0.6 is 0 Å². The Bertz CT molecular complexity index is 169. The zero-order valence-corrected chi connectivity index (χ0v) is 6.06. The highest BCUT2D eigenvalue weighted by Crippen LogP contribution is 2.42. The van der Waals surface area contributed by atoms with E-state index < -0.39 is 12.1 Å². The van der Waals surface area contributed by atoms with Gasteiger partial charge in [0.1, 0.15) is 0 Å². The maximum absolute atomic E-state index is 12.2. The van der Waals surface area contributed by atoms with Gasteiger partial charge in [0.15, 0.2) is 0 Å². The summed E-state index contributed by atoms with van der Waals surface area (Å²) in [6.45, 7) is 0.165. The van der Waals surface area contributed by atoms with Crippen molar-refractivity contribution < 1.29 is 27.4 Å². The Hall–Kier alpha value is -0.330. The molecule has 0 amide bonds. The molecule has 6 heteroatoms. The quantitative estimate of drug-likeness (QED) is 0.559. The van der Waals surface area contributed by atoms with Crippen LogP contribution in [-0.2, 0) is 14.2 Å². The zero-order valence-electron chi connectivity index (χ0n) is 6.06. The molecule has 3 heterocycles. The molecular formula is C6H7F3O3. The largest absolute Gasteiger partial charge is 0.473 e. The summed E-state index contributed by atoms with van der Waals surface area (Å²) in [5, 5.41) is 0. The van der Waals surface area contributed by atoms with Crippen LogP contribution < -0.4 is 0 Å². The van der Waals surface area contributed by atoms with Crippen molar-refractivity contribution in [3.63, 3.8) is 0 Å². The molecule has 70 valence electrons. The highest BCUT2D eigenvalue weighted by molar-refractivity contribution is 4.80. The van der Waals surface area contributed by atoms with Gasteiger partial charge in [-0.25, -0.2) is 0 Å². The number of fused-ring (bicyclic) bond motifs is 3. The molecule has 3 nitrogen and oxygen atoms in total. The molecule has 0 unspecified atom stereocenters. The molecule has 2 bridgehead atoms. The van der Waals surface area contributed by atoms with Crippen molar-refractivity contribution in [2.24, 2.45) is 5.92 Å². The summed E-state index contributed by atoms with van der Waals surface area (Å²) in [6.07, 6.45) is -4.61. The van der Waals surface area contributed by atoms with E-state index >= 15 is 0 Å². The summed E-state index contributed by atoms with van der Waals surface area (Å²) in [4.78, 5) is 0. The fraction of sp³-hybridized carbons (Fsp3) is 1.00. The van der Waals surface area contributed by atoms with Gasteiger partial charge in [-0.05, 0) is 0 Å². The molecule has 3 aliphatic heterocycles. The van der Waals surface area contributed by atoms with E-state index in [0.717, 1.165) is 0 Å². The molecule has 3 rings (SSSR count). The molecule has 0 spiro atoms. The first-order chi connectivity index (χ1) is 5.54. The van der Waals surface area contributed by atoms with Crippen molar-refractivity contribution in [2.45, 2.75) is 12.1 Å². The molecule has 0 N–H and O–H groups in total. The van der Waals surface area contributed by atoms with E-state index in [2.05, 4.69) is 14.2 Å². The van der Waals surface area contributed by atoms with Crippen molar-refractivity contribution >= 4 is 0 Å². The minimum Gasteiger partial charge on any atom is -0.320 e. The first-order valence-electron chi connectivity index (χ1n) is 3.52. The monoisotopic (exact) mass is 184 g/mol. The SMILES string of the molecule is FC(F)(F)C12OCC(CO1)CO2. The standard InChI is InChI=1S/C6H7F3O3/c7-5(8,9)6-10-1-4(2-11-6)3-12-6/h4H,1-3H2. The second-order valence-electron chi connectivity index (χ2n) is 2.85. The lowest BCUT2D eigenvalue weighted by Crippen LogP contribution is -2.61. The molecule has 0 aromatic heterocycles. The van der Waals surface area contributed by atoms with Crippen LogP contribution in [0, 0.1) is 5.92 Å². The van der Waals surface area contributed by atoms with Crippen LogP contribution in [0.25, 0.3) is 0 Å². The summed E-state index contributed by atoms with van der Waals surface area (Å²) in [6, 6.07) is 0. The number of halogens is 3. The fourth-order valence-corrected chi connectivity index (χ4v) is 1.20. The molecule has 0 saturated carbocycles. The van der Waals surface area contributed by atoms with Gasteiger partial charge in [-0.15, -0.1) is 0 Å². The van der Waals surface area contributed by atoms with E-state index in [1.807, 2.05) is 0 Å². The lowest BCUT2D eigenvalue weighted by Gasteiger charge is -2.45. The van der Waals surface area contributed by atoms with Crippen molar-refractivity contribution in [2.75, 3.05) is 19.8 Å². The Morgan fingerprint density at radius 3 is 1.67 bits per heavy atom. The third kappa shape index (κ3) is 1.02. The molecule has 3 fully saturated rings. The van der Waals surface area contributed by atoms with Gasteiger partial charge in [-0.2, -0.15) is 13.2 Å². The van der Waals surface area contributed by atoms with Gasteiger partial charge in [0.25, 0.3) is 0 Å². The Morgan fingerprint density at radius 1 is 1.00 bits per heavy atom. The van der Waals surface area contributed by atoms with Gasteiger partial charge in [-0.1, -0.05) is 0 Å². The average Bonchev–Trinajstić information content (AvgIpc) is 2.06. The molecule has 3 saturated heterocycles. The lowest BCUT2D eigenvalue weighted by atomic mass is 10.1. The second-order valence-corrected chi connectivity index (χ2v) is 2.85. The number of alkyl halides is 3. The summed E-state index contributed by atoms with van der Waals surface area (Å²) in [5.41, 5.74) is 0. The summed E-state index contributed by atoms with van der Waals surface area (Å²) in [7, 11) is 0. The molecule has 0 radical (unpaired) electrons. The van der Waals surface area contributed by atoms with Gasteiger partial charge in [0.05, 0.1) is 19.8 Å². The molecule has 0 aromatic rings. The fourth-order valence-electron chi connectivity index (χ4n) is 1.20. The van der Waals surface area contributed by atoms with E-state index in [1.54, 1.807) is 0 Å². The van der Waals surface area contributed by atoms with Crippen molar-refractivity contribution in [1.29, 1.82) is 0 Å². The normalized spacial score (nSPS) is 41.8. The van der Waals surface area contributed by atoms with Gasteiger partial charge < -0.3 is 14.2 Å². The van der Waals surface area contributed by atoms with Crippen molar-refractivity contribution in [3.8, 4) is 0 Å². The van der Waals surface area contributed by atoms with Crippen LogP contribution in [0.15, 0.2) is 0 Å². The van der Waals surface area contributed by atoms with Crippen LogP contribution in [0.4, 0.5) is 13.2 Å². The molecule has 0 atom stereocenters. The van der Waals surface area contributed by atoms with Crippen molar-refractivity contribution in [3.05, 3.63) is 0 Å². The van der Waals surface area contributed by atoms with Crippen LogP contribution in [0.1, 0.15) is 0 Å². The van der Waals surface area contributed by atoms with Crippen molar-refractivity contribution in [1.82, 2.24) is 0 Å². The van der Waals surface area contributed by atoms with Gasteiger partial charge in [-0.3, -0.25) is 0 Å². The number of ether oxygens (including phenoxy) is 3. The smallest absolute Gasteiger partial charge is 0.320 e. The summed E-state index contributed by atoms with van der Waals surface area (Å²) in [5.74, 6) is -2.84. The Kier molecular flexibility index (Phi) is 1.61. The van der Waals surface area contributed by atoms with Crippen LogP contribution in [0.3, 0.4) is 0 Å². The van der Waals surface area contributed by atoms with E-state index in [-0.39, 0.29) is 25.7 Å². The third-order valence-corrected chi connectivity index (χ3v) is 1.87. The average molecular weight is 184 g/mol. The Balaban J connectivity index is 2.19. The summed E-state index contributed by atoms with van der Waals surface area (Å²) >= 11 is 0. The van der Waals surface area contributed by atoms with Gasteiger partial charge >= 0.3 is 12.1 Å². The van der Waals surface area contributed by atoms with Crippen LogP contribution in [0.5, 0.6) is 0 Å². The van der Waals surface area contributed by atoms with Gasteiger partial charge in [0, 0.05) is 5.92 Å². The third-order valence-electron chi connectivity index (χ3n) is 1.87. The van der Waals surface area contributed by atoms with E-state index in [4.69, 9.17) is 0 Å². The van der Waals surface area contributed by atoms with Crippen LogP contribution in [0.2, 0.25) is 0 Å². The summed E-state index contributed by atoms with van der Waals surface area (Å²) < 4.78 is 50.1. The van der Waals surface area contributed by atoms with E-state index in [0.29, 0.717) is 0 Å². The highest BCUT2D eigenvalue weighted by atomic mass is 19.4. The predicted molar refractivity (Wildman–Crippen MR) is 30.1 cm³/mol. The minimum absolute atomic E-state index is 0.0551. The number of hydrogen-bond acceptors (Lipinski definition) is 3. The van der Waals surface area contributed by atoms with Crippen LogP contribution in [-0.4, -0.2) is 32.0 Å². The first kappa shape index (κ1) is 8.28. The number of hydrogen-bond donors (Lipinski definition) is 0. The molecule has 3 aliphatic rings. The zero-order chi connectivity index (χ0) is 8.82. The minimum atomic E-state index is -4.61. The predicted octanol–water partition coefficient (Wildman–Crippen LogP) is 0.896. The van der Waals surface area contributed by atoms with Gasteiger partial charge in [0.2, 0.25) is 0 Å². The maximum atomic E-state index is 12.2. The first-order valence-corrected chi connectivity index (χ1v) is 3.52. The Morgan fingerprint density at radius 2 is 1.42 bits per heavy atom. The maximum Gasteiger partial charge on any atom is 0.473 e. The van der Waals surface area contributed by atoms with E-state index in [9.17, 15) is 13.2 Å². The molecular weight excluding hydrogens is 177 g/mol. The number of rotatable bonds is 0. The molecule has 0 aromatic carbocycles. The highest BCUT2D eigenvalue weighted by Gasteiger charge is 2.64. The topological polar surface area (TPSA) is 27.7 Å². The van der Waals surface area contributed by atoms with E-state index in [1.165, 1.54) is 0 Å². The second kappa shape index (κ2) is 2.34. The lowest BCUT2D eigenvalue weighted by molar-refractivity contribution is -0.527.